The molecule has 1 aliphatic carbocycles. The van der Waals surface area contributed by atoms with Gasteiger partial charge in [0.1, 0.15) is 5.78 Å². The Morgan fingerprint density at radius 1 is 1.73 bits per heavy atom. The van der Waals surface area contributed by atoms with Crippen molar-refractivity contribution in [3.05, 3.63) is 18.0 Å². The Morgan fingerprint density at radius 3 is 3.09 bits per heavy atom. The van der Waals surface area contributed by atoms with E-state index in [1.165, 1.54) is 0 Å². The predicted octanol–water partition coefficient (Wildman–Crippen LogP) is 0.931. The van der Waals surface area contributed by atoms with Crippen LogP contribution in [0.15, 0.2) is 12.4 Å². The van der Waals surface area contributed by atoms with Crippen LogP contribution in [0.5, 0.6) is 0 Å². The second-order valence-electron chi connectivity index (χ2n) is 3.02. The van der Waals surface area contributed by atoms with Crippen LogP contribution in [-0.4, -0.2) is 16.0 Å². The third kappa shape index (κ3) is 1.48. The van der Waals surface area contributed by atoms with Crippen molar-refractivity contribution >= 4 is 5.78 Å². The fourth-order valence-electron chi connectivity index (χ4n) is 1.13. The van der Waals surface area contributed by atoms with Crippen molar-refractivity contribution in [1.82, 2.24) is 10.2 Å². The van der Waals surface area contributed by atoms with Crippen molar-refractivity contribution in [3.8, 4) is 0 Å². The summed E-state index contributed by atoms with van der Waals surface area (Å²) in [4.78, 5) is 11.2. The molecule has 0 atom stereocenters. The summed E-state index contributed by atoms with van der Waals surface area (Å²) < 4.78 is 0. The monoisotopic (exact) mass is 150 g/mol. The molecule has 0 amide bonds. The highest BCUT2D eigenvalue weighted by Crippen LogP contribution is 2.30. The van der Waals surface area contributed by atoms with Crippen molar-refractivity contribution in [2.45, 2.75) is 19.3 Å². The molecule has 2 rings (SSSR count). The molecule has 1 heterocycles. The summed E-state index contributed by atoms with van der Waals surface area (Å²) in [5.41, 5.74) is 1.00. The van der Waals surface area contributed by atoms with E-state index in [9.17, 15) is 4.79 Å². The van der Waals surface area contributed by atoms with Gasteiger partial charge >= 0.3 is 0 Å². The zero-order valence-electron chi connectivity index (χ0n) is 6.21. The highest BCUT2D eigenvalue weighted by molar-refractivity contribution is 5.85. The predicted molar refractivity (Wildman–Crippen MR) is 40.0 cm³/mol. The molecule has 1 aromatic rings. The van der Waals surface area contributed by atoms with Crippen molar-refractivity contribution in [3.63, 3.8) is 0 Å². The van der Waals surface area contributed by atoms with Crippen LogP contribution in [0.1, 0.15) is 18.4 Å². The first-order valence-electron chi connectivity index (χ1n) is 3.86. The maximum atomic E-state index is 11.2. The summed E-state index contributed by atoms with van der Waals surface area (Å²) >= 11 is 0. The molecular weight excluding hydrogens is 140 g/mol. The Balaban J connectivity index is 1.94. The molecule has 3 nitrogen and oxygen atoms in total. The van der Waals surface area contributed by atoms with Gasteiger partial charge in [-0.3, -0.25) is 9.89 Å². The molecular formula is C8H10N2O. The lowest BCUT2D eigenvalue weighted by atomic mass is 10.1. The maximum Gasteiger partial charge on any atom is 0.140 e. The van der Waals surface area contributed by atoms with Crippen LogP contribution < -0.4 is 0 Å². The van der Waals surface area contributed by atoms with E-state index < -0.39 is 0 Å². The van der Waals surface area contributed by atoms with Gasteiger partial charge in [0.05, 0.1) is 6.20 Å². The third-order valence-corrected chi connectivity index (χ3v) is 1.97. The van der Waals surface area contributed by atoms with Gasteiger partial charge < -0.3 is 0 Å². The van der Waals surface area contributed by atoms with Crippen LogP contribution in [0.4, 0.5) is 0 Å². The molecule has 58 valence electrons. The molecule has 0 radical (unpaired) electrons. The molecule has 0 saturated heterocycles. The summed E-state index contributed by atoms with van der Waals surface area (Å²) in [5.74, 6) is 0.733. The van der Waals surface area contributed by atoms with Crippen molar-refractivity contribution in [1.29, 1.82) is 0 Å². The molecule has 1 fully saturated rings. The smallest absolute Gasteiger partial charge is 0.140 e. The number of ketones is 1. The molecule has 0 unspecified atom stereocenters. The van der Waals surface area contributed by atoms with Crippen molar-refractivity contribution < 1.29 is 4.79 Å². The summed E-state index contributed by atoms with van der Waals surface area (Å²) in [5, 5.41) is 6.47. The van der Waals surface area contributed by atoms with Gasteiger partial charge in [0.15, 0.2) is 0 Å². The van der Waals surface area contributed by atoms with Gasteiger partial charge in [-0.25, -0.2) is 0 Å². The van der Waals surface area contributed by atoms with E-state index in [1.807, 2.05) is 0 Å². The zero-order valence-corrected chi connectivity index (χ0v) is 6.21. The van der Waals surface area contributed by atoms with Gasteiger partial charge in [0.2, 0.25) is 0 Å². The van der Waals surface area contributed by atoms with E-state index in [-0.39, 0.29) is 0 Å². The second kappa shape index (κ2) is 2.49. The SMILES string of the molecule is O=C(Cc1cn[nH]c1)C1CC1. The Hall–Kier alpha value is -1.12. The Bertz CT molecular complexity index is 249. The highest BCUT2D eigenvalue weighted by Gasteiger charge is 2.29. The normalized spacial score (nSPS) is 16.7. The molecule has 3 heteroatoms. The molecule has 1 aliphatic rings. The fourth-order valence-corrected chi connectivity index (χ4v) is 1.13. The molecule has 1 N–H and O–H groups in total. The Kier molecular flexibility index (Phi) is 1.49. The van der Waals surface area contributed by atoms with Crippen LogP contribution >= 0.6 is 0 Å². The highest BCUT2D eigenvalue weighted by atomic mass is 16.1. The standard InChI is InChI=1S/C8H10N2O/c11-8(7-1-2-7)3-6-4-9-10-5-6/h4-5,7H,1-3H2,(H,9,10). The van der Waals surface area contributed by atoms with E-state index in [0.29, 0.717) is 18.1 Å². The van der Waals surface area contributed by atoms with Crippen LogP contribution in [0, 0.1) is 5.92 Å². The minimum absolute atomic E-state index is 0.366. The number of nitrogens with one attached hydrogen (secondary N) is 1. The second-order valence-corrected chi connectivity index (χ2v) is 3.02. The largest absolute Gasteiger partial charge is 0.299 e. The Morgan fingerprint density at radius 2 is 2.55 bits per heavy atom. The number of Topliss-reactive ketones (excluding diaryl/α,β-unsaturated/α-hetero) is 1. The van der Waals surface area contributed by atoms with Crippen molar-refractivity contribution in [2.24, 2.45) is 5.92 Å². The number of rotatable bonds is 3. The maximum absolute atomic E-state index is 11.2. The quantitative estimate of drug-likeness (QED) is 0.696. The molecule has 0 spiro atoms. The number of hydrogen-bond donors (Lipinski definition) is 1. The van der Waals surface area contributed by atoms with Gasteiger partial charge in [-0.05, 0) is 18.4 Å². The van der Waals surface area contributed by atoms with Gasteiger partial charge in [-0.15, -0.1) is 0 Å². The zero-order chi connectivity index (χ0) is 7.68. The fraction of sp³-hybridized carbons (Fsp3) is 0.500. The van der Waals surface area contributed by atoms with E-state index >= 15 is 0 Å². The minimum Gasteiger partial charge on any atom is -0.299 e. The Labute approximate surface area is 64.8 Å². The summed E-state index contributed by atoms with van der Waals surface area (Å²) in [6.45, 7) is 0. The van der Waals surface area contributed by atoms with E-state index in [0.717, 1.165) is 18.4 Å². The first-order valence-corrected chi connectivity index (χ1v) is 3.86. The topological polar surface area (TPSA) is 45.8 Å². The number of H-pyrrole nitrogens is 1. The lowest BCUT2D eigenvalue weighted by molar-refractivity contribution is -0.119. The summed E-state index contributed by atoms with van der Waals surface area (Å²) in [6, 6.07) is 0. The van der Waals surface area contributed by atoms with Gasteiger partial charge in [-0.1, -0.05) is 0 Å². The number of aromatic nitrogens is 2. The first kappa shape index (κ1) is 6.58. The lowest BCUT2D eigenvalue weighted by Gasteiger charge is -1.92. The minimum atomic E-state index is 0.366. The molecule has 1 saturated carbocycles. The number of hydrogen-bond acceptors (Lipinski definition) is 2. The average molecular weight is 150 g/mol. The lowest BCUT2D eigenvalue weighted by Crippen LogP contribution is -2.03. The summed E-state index contributed by atoms with van der Waals surface area (Å²) in [7, 11) is 0. The van der Waals surface area contributed by atoms with Crippen LogP contribution in [0.2, 0.25) is 0 Å². The molecule has 11 heavy (non-hydrogen) atoms. The third-order valence-electron chi connectivity index (χ3n) is 1.97. The van der Waals surface area contributed by atoms with Gasteiger partial charge in [-0.2, -0.15) is 5.10 Å². The van der Waals surface area contributed by atoms with Crippen LogP contribution in [0.3, 0.4) is 0 Å². The number of aromatic amines is 1. The van der Waals surface area contributed by atoms with Gasteiger partial charge in [0.25, 0.3) is 0 Å². The van der Waals surface area contributed by atoms with Crippen LogP contribution in [0.25, 0.3) is 0 Å². The number of nitrogens with zero attached hydrogens (tertiary/aromatic N) is 1. The molecule has 0 bridgehead atoms. The van der Waals surface area contributed by atoms with Crippen molar-refractivity contribution in [2.75, 3.05) is 0 Å². The van der Waals surface area contributed by atoms with Gasteiger partial charge in [0, 0.05) is 18.5 Å². The molecule has 0 aromatic carbocycles. The van der Waals surface area contributed by atoms with Crippen LogP contribution in [-0.2, 0) is 11.2 Å². The van der Waals surface area contributed by atoms with E-state index in [2.05, 4.69) is 10.2 Å². The number of carbonyl (C=O) groups excluding carboxylic acids is 1. The molecule has 0 aliphatic heterocycles. The average Bonchev–Trinajstić information content (AvgIpc) is 2.73. The summed E-state index contributed by atoms with van der Waals surface area (Å²) in [6.07, 6.45) is 6.23. The number of carbonyl (C=O) groups is 1. The molecule has 1 aromatic heterocycles. The van der Waals surface area contributed by atoms with E-state index in [1.54, 1.807) is 12.4 Å². The first-order chi connectivity index (χ1) is 5.36. The van der Waals surface area contributed by atoms with E-state index in [4.69, 9.17) is 0 Å².